The molecular formula is C20H36BNO. The van der Waals surface area contributed by atoms with E-state index in [-0.39, 0.29) is 0 Å². The zero-order valence-corrected chi connectivity index (χ0v) is 15.8. The number of likely N-dealkylation sites (tertiary alicyclic amines) is 1. The van der Waals surface area contributed by atoms with Gasteiger partial charge in [0.1, 0.15) is 0 Å². The van der Waals surface area contributed by atoms with Crippen LogP contribution in [0.5, 0.6) is 0 Å². The molecule has 4 atom stereocenters. The summed E-state index contributed by atoms with van der Waals surface area (Å²) in [6, 6.07) is 0.619. The summed E-state index contributed by atoms with van der Waals surface area (Å²) in [5.41, 5.74) is 0.595. The Kier molecular flexibility index (Phi) is 5.19. The summed E-state index contributed by atoms with van der Waals surface area (Å²) in [5, 5.41) is 0. The minimum Gasteiger partial charge on any atom is -0.377 e. The molecule has 3 fully saturated rings. The molecule has 1 saturated carbocycles. The second-order valence-electron chi connectivity index (χ2n) is 8.99. The van der Waals surface area contributed by atoms with Crippen LogP contribution in [0.15, 0.2) is 0 Å². The first-order valence-corrected chi connectivity index (χ1v) is 10.1. The summed E-state index contributed by atoms with van der Waals surface area (Å²) in [7, 11) is 6.77. The maximum atomic E-state index is 6.77. The molecule has 23 heavy (non-hydrogen) atoms. The van der Waals surface area contributed by atoms with Crippen molar-refractivity contribution in [3.05, 3.63) is 0 Å². The lowest BCUT2D eigenvalue weighted by Crippen LogP contribution is -2.72. The molecule has 1 spiro atoms. The third kappa shape index (κ3) is 2.80. The predicted octanol–water partition coefficient (Wildman–Crippen LogP) is 4.44. The highest BCUT2D eigenvalue weighted by atomic mass is 16.5. The third-order valence-electron chi connectivity index (χ3n) is 7.74. The summed E-state index contributed by atoms with van der Waals surface area (Å²) in [4.78, 5) is 2.77. The monoisotopic (exact) mass is 317 g/mol. The van der Waals surface area contributed by atoms with Gasteiger partial charge in [-0.25, -0.2) is 0 Å². The lowest BCUT2D eigenvalue weighted by molar-refractivity contribution is -0.219. The minimum atomic E-state index is 0.292. The molecule has 0 aromatic rings. The van der Waals surface area contributed by atoms with Gasteiger partial charge in [-0.15, -0.1) is 0 Å². The minimum absolute atomic E-state index is 0.292. The van der Waals surface area contributed by atoms with Gasteiger partial charge in [0, 0.05) is 6.04 Å². The van der Waals surface area contributed by atoms with Gasteiger partial charge >= 0.3 is 0 Å². The number of ether oxygens (including phenoxy) is 1. The van der Waals surface area contributed by atoms with Crippen molar-refractivity contribution in [1.29, 1.82) is 0 Å². The van der Waals surface area contributed by atoms with Crippen LogP contribution in [0, 0.1) is 17.3 Å². The Morgan fingerprint density at radius 1 is 1.09 bits per heavy atom. The number of hydrogen-bond donors (Lipinski definition) is 0. The second kappa shape index (κ2) is 6.71. The average molecular weight is 317 g/mol. The largest absolute Gasteiger partial charge is 0.377 e. The Hall–Kier alpha value is -0.0151. The molecule has 0 amide bonds. The predicted molar refractivity (Wildman–Crippen MR) is 98.0 cm³/mol. The quantitative estimate of drug-likeness (QED) is 0.698. The first kappa shape index (κ1) is 17.8. The highest BCUT2D eigenvalue weighted by Crippen LogP contribution is 2.57. The molecule has 2 heterocycles. The molecule has 130 valence electrons. The van der Waals surface area contributed by atoms with Crippen LogP contribution in [0.25, 0.3) is 0 Å². The van der Waals surface area contributed by atoms with E-state index in [1.807, 2.05) is 0 Å². The van der Waals surface area contributed by atoms with E-state index < -0.39 is 0 Å². The Morgan fingerprint density at radius 2 is 1.78 bits per heavy atom. The zero-order valence-electron chi connectivity index (χ0n) is 15.8. The molecule has 3 aliphatic rings. The van der Waals surface area contributed by atoms with Crippen LogP contribution in [-0.2, 0) is 4.74 Å². The summed E-state index contributed by atoms with van der Waals surface area (Å²) in [6.07, 6.45) is 9.17. The van der Waals surface area contributed by atoms with Crippen molar-refractivity contribution in [1.82, 2.24) is 4.90 Å². The molecule has 4 unspecified atom stereocenters. The lowest BCUT2D eigenvalue weighted by atomic mass is 9.50. The number of fused-ring (bicyclic) bond motifs is 2. The molecule has 0 N–H and O–H groups in total. The Morgan fingerprint density at radius 3 is 2.35 bits per heavy atom. The van der Waals surface area contributed by atoms with Crippen LogP contribution in [0.4, 0.5) is 0 Å². The first-order valence-electron chi connectivity index (χ1n) is 10.1. The Labute approximate surface area is 145 Å². The Bertz CT molecular complexity index is 408. The van der Waals surface area contributed by atoms with E-state index in [0.29, 0.717) is 22.8 Å². The van der Waals surface area contributed by atoms with Gasteiger partial charge in [-0.3, -0.25) is 4.90 Å². The van der Waals surface area contributed by atoms with Gasteiger partial charge in [0.25, 0.3) is 0 Å². The number of nitrogens with zero attached hydrogens (tertiary/aromatic N) is 1. The second-order valence-corrected chi connectivity index (χ2v) is 8.99. The van der Waals surface area contributed by atoms with Gasteiger partial charge in [0.15, 0.2) is 0 Å². The maximum Gasteiger partial charge on any atom is 0.0712 e. The fraction of sp³-hybridized carbons (Fsp3) is 1.00. The lowest BCUT2D eigenvalue weighted by Gasteiger charge is -2.64. The molecule has 3 rings (SSSR count). The molecule has 0 aromatic carbocycles. The van der Waals surface area contributed by atoms with E-state index in [0.717, 1.165) is 25.0 Å². The van der Waals surface area contributed by atoms with Crippen molar-refractivity contribution >= 4 is 7.85 Å². The molecule has 2 aliphatic heterocycles. The molecule has 3 heteroatoms. The van der Waals surface area contributed by atoms with Gasteiger partial charge in [-0.1, -0.05) is 51.8 Å². The van der Waals surface area contributed by atoms with Crippen molar-refractivity contribution in [3.8, 4) is 0 Å². The highest BCUT2D eigenvalue weighted by molar-refractivity contribution is 6.12. The van der Waals surface area contributed by atoms with E-state index in [2.05, 4.69) is 32.6 Å². The number of hydrogen-bond acceptors (Lipinski definition) is 2. The van der Waals surface area contributed by atoms with Gasteiger partial charge in [0.2, 0.25) is 0 Å². The fourth-order valence-corrected chi connectivity index (χ4v) is 6.05. The van der Waals surface area contributed by atoms with Gasteiger partial charge < -0.3 is 4.74 Å². The SMILES string of the molecule is [B]C1CCCCCC2C(CCN(C(C)C)C23COC3)C1(C)CC. The van der Waals surface area contributed by atoms with Crippen molar-refractivity contribution in [2.75, 3.05) is 19.8 Å². The van der Waals surface area contributed by atoms with Crippen molar-refractivity contribution in [2.45, 2.75) is 90.0 Å². The molecule has 2 nitrogen and oxygen atoms in total. The van der Waals surface area contributed by atoms with E-state index >= 15 is 0 Å². The molecule has 0 bridgehead atoms. The zero-order chi connectivity index (χ0) is 16.7. The van der Waals surface area contributed by atoms with Crippen LogP contribution in [0.2, 0.25) is 5.82 Å². The van der Waals surface area contributed by atoms with E-state index in [9.17, 15) is 0 Å². The summed E-state index contributed by atoms with van der Waals surface area (Å²) >= 11 is 0. The molecule has 0 aromatic heterocycles. The van der Waals surface area contributed by atoms with E-state index in [1.54, 1.807) is 0 Å². The van der Waals surface area contributed by atoms with Crippen LogP contribution in [-0.4, -0.2) is 44.1 Å². The highest BCUT2D eigenvalue weighted by Gasteiger charge is 2.58. The fourth-order valence-electron chi connectivity index (χ4n) is 6.05. The topological polar surface area (TPSA) is 12.5 Å². The molecule has 2 radical (unpaired) electrons. The van der Waals surface area contributed by atoms with Crippen LogP contribution < -0.4 is 0 Å². The van der Waals surface area contributed by atoms with Gasteiger partial charge in [-0.05, 0) is 50.5 Å². The summed E-state index contributed by atoms with van der Waals surface area (Å²) < 4.78 is 5.80. The molecule has 2 saturated heterocycles. The first-order chi connectivity index (χ1) is 11.0. The number of piperidine rings is 1. The van der Waals surface area contributed by atoms with Gasteiger partial charge in [-0.2, -0.15) is 0 Å². The van der Waals surface area contributed by atoms with Crippen LogP contribution >= 0.6 is 0 Å². The summed E-state index contributed by atoms with van der Waals surface area (Å²) in [5.74, 6) is 1.89. The standard InChI is InChI=1S/C20H36BNO/c1-5-19(4)16-11-12-22(15(2)3)20(13-23-14-20)17(16)9-7-6-8-10-18(19)21/h15-18H,5-14H2,1-4H3. The van der Waals surface area contributed by atoms with Gasteiger partial charge in [0.05, 0.1) is 26.6 Å². The van der Waals surface area contributed by atoms with Crippen molar-refractivity contribution < 1.29 is 4.74 Å². The average Bonchev–Trinajstić information content (AvgIpc) is 2.55. The van der Waals surface area contributed by atoms with Crippen molar-refractivity contribution in [3.63, 3.8) is 0 Å². The molecule has 1 aliphatic carbocycles. The maximum absolute atomic E-state index is 6.77. The third-order valence-corrected chi connectivity index (χ3v) is 7.74. The molecular weight excluding hydrogens is 281 g/mol. The summed E-state index contributed by atoms with van der Waals surface area (Å²) in [6.45, 7) is 12.7. The number of rotatable bonds is 2. The van der Waals surface area contributed by atoms with E-state index in [1.165, 1.54) is 51.5 Å². The van der Waals surface area contributed by atoms with Crippen LogP contribution in [0.3, 0.4) is 0 Å². The smallest absolute Gasteiger partial charge is 0.0712 e. The normalized spacial score (nSPS) is 41.7. The van der Waals surface area contributed by atoms with Crippen LogP contribution in [0.1, 0.15) is 72.6 Å². The van der Waals surface area contributed by atoms with Crippen molar-refractivity contribution in [2.24, 2.45) is 17.3 Å². The Balaban J connectivity index is 1.96. The van der Waals surface area contributed by atoms with E-state index in [4.69, 9.17) is 12.6 Å².